The molecule has 0 bridgehead atoms. The van der Waals surface area contributed by atoms with Crippen molar-refractivity contribution in [3.63, 3.8) is 0 Å². The SMILES string of the molecule is CCCCCCC(C(N)=O)c1cccc(C(F)(F)F)c1. The largest absolute Gasteiger partial charge is 0.416 e. The molecule has 112 valence electrons. The van der Waals surface area contributed by atoms with Crippen LogP contribution < -0.4 is 5.73 Å². The number of amides is 1. The minimum atomic E-state index is -4.40. The second-order valence-corrected chi connectivity index (χ2v) is 4.93. The van der Waals surface area contributed by atoms with Gasteiger partial charge in [-0.15, -0.1) is 0 Å². The Morgan fingerprint density at radius 2 is 1.95 bits per heavy atom. The van der Waals surface area contributed by atoms with Crippen LogP contribution in [0.4, 0.5) is 13.2 Å². The highest BCUT2D eigenvalue weighted by Gasteiger charge is 2.31. The molecule has 0 spiro atoms. The zero-order chi connectivity index (χ0) is 15.2. The smallest absolute Gasteiger partial charge is 0.369 e. The molecule has 5 heteroatoms. The summed E-state index contributed by atoms with van der Waals surface area (Å²) in [6, 6.07) is 4.87. The first-order chi connectivity index (χ1) is 9.36. The lowest BCUT2D eigenvalue weighted by Crippen LogP contribution is -2.22. The summed E-state index contributed by atoms with van der Waals surface area (Å²) in [6.45, 7) is 2.07. The quantitative estimate of drug-likeness (QED) is 0.749. The first-order valence-corrected chi connectivity index (χ1v) is 6.82. The van der Waals surface area contributed by atoms with Crippen LogP contribution in [0.2, 0.25) is 0 Å². The number of rotatable bonds is 7. The fraction of sp³-hybridized carbons (Fsp3) is 0.533. The van der Waals surface area contributed by atoms with Gasteiger partial charge in [0, 0.05) is 0 Å². The van der Waals surface area contributed by atoms with E-state index in [-0.39, 0.29) is 0 Å². The summed E-state index contributed by atoms with van der Waals surface area (Å²) >= 11 is 0. The lowest BCUT2D eigenvalue weighted by molar-refractivity contribution is -0.137. The van der Waals surface area contributed by atoms with E-state index in [0.29, 0.717) is 12.0 Å². The lowest BCUT2D eigenvalue weighted by atomic mass is 9.91. The number of carbonyl (C=O) groups is 1. The Balaban J connectivity index is 2.84. The monoisotopic (exact) mass is 287 g/mol. The third kappa shape index (κ3) is 4.87. The molecule has 0 aliphatic rings. The lowest BCUT2D eigenvalue weighted by Gasteiger charge is -2.15. The molecule has 0 aliphatic heterocycles. The molecule has 0 saturated carbocycles. The topological polar surface area (TPSA) is 43.1 Å². The molecule has 1 aromatic rings. The fourth-order valence-corrected chi connectivity index (χ4v) is 2.18. The van der Waals surface area contributed by atoms with Crippen LogP contribution in [0.15, 0.2) is 24.3 Å². The zero-order valence-electron chi connectivity index (χ0n) is 11.5. The van der Waals surface area contributed by atoms with E-state index in [2.05, 4.69) is 6.92 Å². The third-order valence-electron chi connectivity index (χ3n) is 3.31. The van der Waals surface area contributed by atoms with Gasteiger partial charge in [0.1, 0.15) is 0 Å². The van der Waals surface area contributed by atoms with E-state index in [9.17, 15) is 18.0 Å². The molecule has 0 aliphatic carbocycles. The number of primary amides is 1. The van der Waals surface area contributed by atoms with Crippen molar-refractivity contribution in [3.05, 3.63) is 35.4 Å². The predicted octanol–water partition coefficient (Wildman–Crippen LogP) is 4.24. The first kappa shape index (κ1) is 16.5. The van der Waals surface area contributed by atoms with E-state index in [1.165, 1.54) is 12.1 Å². The van der Waals surface area contributed by atoms with Crippen LogP contribution in [-0.4, -0.2) is 5.91 Å². The first-order valence-electron chi connectivity index (χ1n) is 6.82. The van der Waals surface area contributed by atoms with Crippen LogP contribution in [0.3, 0.4) is 0 Å². The van der Waals surface area contributed by atoms with Gasteiger partial charge in [-0.1, -0.05) is 50.8 Å². The van der Waals surface area contributed by atoms with Gasteiger partial charge in [-0.3, -0.25) is 4.79 Å². The summed E-state index contributed by atoms with van der Waals surface area (Å²) in [6.07, 6.45) is -0.0487. The molecule has 0 aromatic heterocycles. The van der Waals surface area contributed by atoms with Crippen molar-refractivity contribution in [2.45, 2.75) is 51.1 Å². The third-order valence-corrected chi connectivity index (χ3v) is 3.31. The standard InChI is InChI=1S/C15H20F3NO/c1-2-3-4-5-9-13(14(19)20)11-7-6-8-12(10-11)15(16,17)18/h6-8,10,13H,2-5,9H2,1H3,(H2,19,20). The predicted molar refractivity (Wildman–Crippen MR) is 72.1 cm³/mol. The summed E-state index contributed by atoms with van der Waals surface area (Å²) in [4.78, 5) is 11.5. The summed E-state index contributed by atoms with van der Waals surface area (Å²) in [5, 5.41) is 0. The molecule has 1 aromatic carbocycles. The Labute approximate surface area is 117 Å². The molecule has 2 nitrogen and oxygen atoms in total. The second-order valence-electron chi connectivity index (χ2n) is 4.93. The van der Waals surface area contributed by atoms with Crippen molar-refractivity contribution in [1.82, 2.24) is 0 Å². The maximum atomic E-state index is 12.7. The van der Waals surface area contributed by atoms with Gasteiger partial charge >= 0.3 is 6.18 Å². The highest BCUT2D eigenvalue weighted by molar-refractivity contribution is 5.81. The van der Waals surface area contributed by atoms with Crippen LogP contribution in [-0.2, 0) is 11.0 Å². The molecule has 0 saturated heterocycles. The molecule has 0 radical (unpaired) electrons. The van der Waals surface area contributed by atoms with Gasteiger partial charge in [0.2, 0.25) is 5.91 Å². The van der Waals surface area contributed by atoms with E-state index in [1.54, 1.807) is 0 Å². The zero-order valence-corrected chi connectivity index (χ0v) is 11.5. The molecule has 1 unspecified atom stereocenters. The summed E-state index contributed by atoms with van der Waals surface area (Å²) in [5.41, 5.74) is 4.93. The number of halogens is 3. The Bertz CT molecular complexity index is 443. The summed E-state index contributed by atoms with van der Waals surface area (Å²) < 4.78 is 38.0. The number of alkyl halides is 3. The summed E-state index contributed by atoms with van der Waals surface area (Å²) in [7, 11) is 0. The Hall–Kier alpha value is -1.52. The molecule has 0 heterocycles. The van der Waals surface area contributed by atoms with Crippen molar-refractivity contribution in [3.8, 4) is 0 Å². The highest BCUT2D eigenvalue weighted by atomic mass is 19.4. The van der Waals surface area contributed by atoms with Crippen molar-refractivity contribution < 1.29 is 18.0 Å². The number of hydrogen-bond acceptors (Lipinski definition) is 1. The van der Waals surface area contributed by atoms with Crippen molar-refractivity contribution in [1.29, 1.82) is 0 Å². The second kappa shape index (κ2) is 7.31. The van der Waals surface area contributed by atoms with Gasteiger partial charge in [0.15, 0.2) is 0 Å². The Morgan fingerprint density at radius 1 is 1.25 bits per heavy atom. The van der Waals surface area contributed by atoms with Gasteiger partial charge in [-0.2, -0.15) is 13.2 Å². The number of nitrogens with two attached hydrogens (primary N) is 1. The normalized spacial score (nSPS) is 13.2. The number of benzene rings is 1. The molecule has 1 amide bonds. The minimum Gasteiger partial charge on any atom is -0.369 e. The number of hydrogen-bond donors (Lipinski definition) is 1. The van der Waals surface area contributed by atoms with E-state index < -0.39 is 23.6 Å². The molecule has 0 fully saturated rings. The summed E-state index contributed by atoms with van der Waals surface area (Å²) in [5.74, 6) is -1.21. The van der Waals surface area contributed by atoms with Gasteiger partial charge < -0.3 is 5.73 Å². The van der Waals surface area contributed by atoms with Gasteiger partial charge in [-0.25, -0.2) is 0 Å². The maximum Gasteiger partial charge on any atom is 0.416 e. The molecule has 2 N–H and O–H groups in total. The minimum absolute atomic E-state index is 0.351. The molecule has 1 atom stereocenters. The van der Waals surface area contributed by atoms with E-state index >= 15 is 0 Å². The molecule has 1 rings (SSSR count). The average molecular weight is 287 g/mol. The molecular formula is C15H20F3NO. The number of unbranched alkanes of at least 4 members (excludes halogenated alkanes) is 3. The highest BCUT2D eigenvalue weighted by Crippen LogP contribution is 2.32. The van der Waals surface area contributed by atoms with Gasteiger partial charge in [0.25, 0.3) is 0 Å². The van der Waals surface area contributed by atoms with Crippen molar-refractivity contribution >= 4 is 5.91 Å². The molecule has 20 heavy (non-hydrogen) atoms. The van der Waals surface area contributed by atoms with Gasteiger partial charge in [-0.05, 0) is 18.1 Å². The van der Waals surface area contributed by atoms with Crippen molar-refractivity contribution in [2.24, 2.45) is 5.73 Å². The van der Waals surface area contributed by atoms with Crippen molar-refractivity contribution in [2.75, 3.05) is 0 Å². The fourth-order valence-electron chi connectivity index (χ4n) is 2.18. The maximum absolute atomic E-state index is 12.7. The van der Waals surface area contributed by atoms with Gasteiger partial charge in [0.05, 0.1) is 11.5 Å². The number of carbonyl (C=O) groups excluding carboxylic acids is 1. The van der Waals surface area contributed by atoms with Crippen LogP contribution in [0.1, 0.15) is 56.1 Å². The van der Waals surface area contributed by atoms with Crippen LogP contribution in [0.25, 0.3) is 0 Å². The van der Waals surface area contributed by atoms with Crippen LogP contribution >= 0.6 is 0 Å². The molecular weight excluding hydrogens is 267 g/mol. The van der Waals surface area contributed by atoms with E-state index in [4.69, 9.17) is 5.73 Å². The Morgan fingerprint density at radius 3 is 2.50 bits per heavy atom. The van der Waals surface area contributed by atoms with E-state index in [0.717, 1.165) is 37.8 Å². The van der Waals surface area contributed by atoms with E-state index in [1.807, 2.05) is 0 Å². The van der Waals surface area contributed by atoms with Crippen LogP contribution in [0.5, 0.6) is 0 Å². The Kier molecular flexibility index (Phi) is 6.05. The van der Waals surface area contributed by atoms with Crippen LogP contribution in [0, 0.1) is 0 Å². The average Bonchev–Trinajstić information content (AvgIpc) is 2.37.